The highest BCUT2D eigenvalue weighted by Crippen LogP contribution is 2.44. The molecule has 1 atom stereocenters. The van der Waals surface area contributed by atoms with Crippen LogP contribution in [-0.4, -0.2) is 40.6 Å². The minimum absolute atomic E-state index is 0.569. The van der Waals surface area contributed by atoms with E-state index in [4.69, 9.17) is 9.99 Å². The molecule has 1 N–H and O–H groups in total. The van der Waals surface area contributed by atoms with Gasteiger partial charge in [0.1, 0.15) is 5.60 Å². The second-order valence-corrected chi connectivity index (χ2v) is 6.24. The van der Waals surface area contributed by atoms with E-state index < -0.39 is 47.4 Å². The van der Waals surface area contributed by atoms with Crippen molar-refractivity contribution >= 4 is 24.0 Å². The van der Waals surface area contributed by atoms with Crippen molar-refractivity contribution in [2.75, 3.05) is 6.61 Å². The van der Waals surface area contributed by atoms with Gasteiger partial charge in [0.15, 0.2) is 6.61 Å². The Morgan fingerprint density at radius 3 is 2.25 bits per heavy atom. The van der Waals surface area contributed by atoms with Crippen LogP contribution in [0.2, 0.25) is 0 Å². The van der Waals surface area contributed by atoms with Crippen LogP contribution in [0.15, 0.2) is 0 Å². The van der Waals surface area contributed by atoms with E-state index in [1.807, 2.05) is 0 Å². The Labute approximate surface area is 138 Å². The molecule has 0 spiro atoms. The zero-order valence-corrected chi connectivity index (χ0v) is 13.4. The average molecular weight is 380 g/mol. The lowest BCUT2D eigenvalue weighted by Gasteiger charge is -2.33. The maximum Gasteiger partial charge on any atom is 0.446 e. The van der Waals surface area contributed by atoms with E-state index in [1.165, 1.54) is 0 Å². The molecule has 0 aromatic rings. The third-order valence-electron chi connectivity index (χ3n) is 3.40. The first kappa shape index (κ1) is 20.9. The summed E-state index contributed by atoms with van der Waals surface area (Å²) < 4.78 is 64.0. The Balaban J connectivity index is 2.60. The van der Waals surface area contributed by atoms with E-state index >= 15 is 0 Å². The molecule has 0 heterocycles. The van der Waals surface area contributed by atoms with Gasteiger partial charge in [-0.15, -0.1) is 4.33 Å². The normalized spacial score (nSPS) is 20.1. The summed E-state index contributed by atoms with van der Waals surface area (Å²) in [7, 11) is 0. The molecule has 0 saturated heterocycles. The van der Waals surface area contributed by atoms with E-state index in [0.29, 0.717) is 12.8 Å². The van der Waals surface area contributed by atoms with Crippen LogP contribution in [0.3, 0.4) is 0 Å². The Bertz CT molecular complexity index is 453. The SMILES string of the molecule is CC1(OC(=O)COC(=O)C(F)(SOOO)C(F)(F)F)CCCCC1. The molecule has 1 unspecified atom stereocenters. The number of rotatable bonds is 7. The quantitative estimate of drug-likeness (QED) is 0.237. The summed E-state index contributed by atoms with van der Waals surface area (Å²) in [5, 5.41) is 5.96. The van der Waals surface area contributed by atoms with Gasteiger partial charge in [0.05, 0.1) is 12.0 Å². The molecule has 1 fully saturated rings. The second-order valence-electron chi connectivity index (χ2n) is 5.38. The van der Waals surface area contributed by atoms with Crippen LogP contribution >= 0.6 is 12.0 Å². The summed E-state index contributed by atoms with van der Waals surface area (Å²) >= 11 is -1.17. The van der Waals surface area contributed by atoms with Crippen molar-refractivity contribution < 1.29 is 51.3 Å². The van der Waals surface area contributed by atoms with Crippen LogP contribution in [0, 0.1) is 0 Å². The number of alkyl halides is 4. The van der Waals surface area contributed by atoms with Gasteiger partial charge in [-0.3, -0.25) is 0 Å². The van der Waals surface area contributed by atoms with Gasteiger partial charge in [-0.25, -0.2) is 19.2 Å². The van der Waals surface area contributed by atoms with Gasteiger partial charge in [-0.1, -0.05) is 11.5 Å². The van der Waals surface area contributed by atoms with Crippen molar-refractivity contribution in [2.45, 2.75) is 55.8 Å². The number of carbonyl (C=O) groups is 2. The number of hydrogen-bond acceptors (Lipinski definition) is 8. The smallest absolute Gasteiger partial charge is 0.446 e. The molecule has 0 radical (unpaired) electrons. The fraction of sp³-hybridized carbons (Fsp3) is 0.833. The highest BCUT2D eigenvalue weighted by Gasteiger charge is 2.66. The predicted octanol–water partition coefficient (Wildman–Crippen LogP) is 3.09. The number of esters is 2. The standard InChI is InChI=1S/C12H16F4O7S/c1-10(5-3-2-4-6-10)21-8(17)7-20-9(18)11(13,12(14,15)16)24-23-22-19/h19H,2-7H2,1H3. The number of hydrogen-bond donors (Lipinski definition) is 1. The molecule has 1 aliphatic rings. The summed E-state index contributed by atoms with van der Waals surface area (Å²) in [5.74, 6) is -3.54. The minimum Gasteiger partial charge on any atom is -0.457 e. The van der Waals surface area contributed by atoms with Crippen molar-refractivity contribution in [2.24, 2.45) is 0 Å². The molecule has 0 aromatic heterocycles. The van der Waals surface area contributed by atoms with E-state index in [9.17, 15) is 27.2 Å². The Morgan fingerprint density at radius 2 is 1.75 bits per heavy atom. The summed E-state index contributed by atoms with van der Waals surface area (Å²) in [5.41, 5.74) is -0.791. The number of ether oxygens (including phenoxy) is 2. The average Bonchev–Trinajstić information content (AvgIpc) is 2.49. The first-order valence-corrected chi connectivity index (χ1v) is 7.59. The van der Waals surface area contributed by atoms with E-state index in [-0.39, 0.29) is 0 Å². The van der Waals surface area contributed by atoms with Gasteiger partial charge < -0.3 is 9.47 Å². The molecule has 0 aromatic carbocycles. The first-order chi connectivity index (χ1) is 11.0. The largest absolute Gasteiger partial charge is 0.457 e. The fourth-order valence-corrected chi connectivity index (χ4v) is 2.53. The Kier molecular flexibility index (Phi) is 7.25. The van der Waals surface area contributed by atoms with Crippen LogP contribution < -0.4 is 0 Å². The summed E-state index contributed by atoms with van der Waals surface area (Å²) in [6.45, 7) is 0.458. The van der Waals surface area contributed by atoms with Gasteiger partial charge in [-0.05, 0) is 32.6 Å². The van der Waals surface area contributed by atoms with Gasteiger partial charge >= 0.3 is 23.1 Å². The molecule has 0 amide bonds. The lowest BCUT2D eigenvalue weighted by atomic mass is 9.86. The van der Waals surface area contributed by atoms with E-state index in [1.54, 1.807) is 6.92 Å². The van der Waals surface area contributed by atoms with Crippen LogP contribution in [0.4, 0.5) is 17.6 Å². The fourth-order valence-electron chi connectivity index (χ4n) is 2.18. The van der Waals surface area contributed by atoms with Crippen LogP contribution in [-0.2, 0) is 28.4 Å². The van der Waals surface area contributed by atoms with Crippen molar-refractivity contribution in [3.8, 4) is 0 Å². The monoisotopic (exact) mass is 380 g/mol. The second kappa shape index (κ2) is 8.32. The molecule has 1 aliphatic carbocycles. The van der Waals surface area contributed by atoms with Crippen molar-refractivity contribution in [3.63, 3.8) is 0 Å². The Morgan fingerprint density at radius 1 is 1.17 bits per heavy atom. The molecule has 1 saturated carbocycles. The molecule has 0 bridgehead atoms. The van der Waals surface area contributed by atoms with Crippen molar-refractivity contribution in [1.29, 1.82) is 0 Å². The maximum absolute atomic E-state index is 13.8. The van der Waals surface area contributed by atoms with Gasteiger partial charge in [0.25, 0.3) is 0 Å². The van der Waals surface area contributed by atoms with E-state index in [0.717, 1.165) is 19.3 Å². The van der Waals surface area contributed by atoms with Crippen molar-refractivity contribution in [3.05, 3.63) is 0 Å². The third-order valence-corrected chi connectivity index (χ3v) is 4.16. The molecule has 1 rings (SSSR count). The molecule has 12 heteroatoms. The number of halogens is 4. The summed E-state index contributed by atoms with van der Waals surface area (Å²) in [6, 6.07) is 0. The molecular formula is C12H16F4O7S. The summed E-state index contributed by atoms with van der Waals surface area (Å²) in [4.78, 5) is 22.9. The molecule has 0 aliphatic heterocycles. The predicted molar refractivity (Wildman–Crippen MR) is 70.8 cm³/mol. The zero-order valence-electron chi connectivity index (χ0n) is 12.6. The third kappa shape index (κ3) is 5.46. The van der Waals surface area contributed by atoms with Gasteiger partial charge in [0, 0.05) is 0 Å². The van der Waals surface area contributed by atoms with E-state index in [2.05, 4.69) is 14.1 Å². The zero-order chi connectivity index (χ0) is 18.4. The lowest BCUT2D eigenvalue weighted by molar-refractivity contribution is -0.433. The topological polar surface area (TPSA) is 91.3 Å². The number of carbonyl (C=O) groups excluding carboxylic acids is 2. The first-order valence-electron chi connectivity index (χ1n) is 6.85. The van der Waals surface area contributed by atoms with Crippen LogP contribution in [0.1, 0.15) is 39.0 Å². The maximum atomic E-state index is 13.8. The molecule has 24 heavy (non-hydrogen) atoms. The minimum atomic E-state index is -5.74. The summed E-state index contributed by atoms with van der Waals surface area (Å²) in [6.07, 6.45) is -1.99. The highest BCUT2D eigenvalue weighted by molar-refractivity contribution is 7.96. The van der Waals surface area contributed by atoms with Crippen molar-refractivity contribution in [1.82, 2.24) is 0 Å². The van der Waals surface area contributed by atoms with Crippen LogP contribution in [0.5, 0.6) is 0 Å². The Hall–Kier alpha value is -1.11. The molecule has 140 valence electrons. The van der Waals surface area contributed by atoms with Gasteiger partial charge in [-0.2, -0.15) is 13.2 Å². The lowest BCUT2D eigenvalue weighted by Crippen LogP contribution is -2.47. The van der Waals surface area contributed by atoms with Crippen LogP contribution in [0.25, 0.3) is 0 Å². The molecular weight excluding hydrogens is 364 g/mol. The highest BCUT2D eigenvalue weighted by atomic mass is 32.2. The molecule has 7 nitrogen and oxygen atoms in total. The van der Waals surface area contributed by atoms with Gasteiger partial charge in [0.2, 0.25) is 0 Å².